The highest BCUT2D eigenvalue weighted by molar-refractivity contribution is 5.01. The molecule has 0 heterocycles. The molecular weight excluding hydrogens is 256 g/mol. The van der Waals surface area contributed by atoms with E-state index in [1.165, 1.54) is 64.5 Å². The van der Waals surface area contributed by atoms with Crippen LogP contribution in [-0.2, 0) is 0 Å². The lowest BCUT2D eigenvalue weighted by molar-refractivity contribution is 0.000164. The predicted molar refractivity (Wildman–Crippen MR) is 92.4 cm³/mol. The monoisotopic (exact) mass is 294 g/mol. The Balaban J connectivity index is 2.07. The van der Waals surface area contributed by atoms with Gasteiger partial charge < -0.3 is 5.73 Å². The maximum Gasteiger partial charge on any atom is 0.0332 e. The number of nitrogens with zero attached hydrogens (tertiary/aromatic N) is 1. The molecule has 0 saturated heterocycles. The molecule has 0 unspecified atom stereocenters. The molecule has 1 spiro atoms. The van der Waals surface area contributed by atoms with Gasteiger partial charge in [-0.05, 0) is 55.8 Å². The van der Waals surface area contributed by atoms with Crippen LogP contribution in [0, 0.1) is 17.3 Å². The Morgan fingerprint density at radius 3 is 1.67 bits per heavy atom. The minimum atomic E-state index is 0.294. The van der Waals surface area contributed by atoms with Crippen molar-refractivity contribution in [1.82, 2.24) is 4.90 Å². The third-order valence-corrected chi connectivity index (χ3v) is 6.13. The first-order chi connectivity index (χ1) is 9.91. The molecule has 2 nitrogen and oxygen atoms in total. The minimum Gasteiger partial charge on any atom is -0.329 e. The molecular formula is C19H38N2. The van der Waals surface area contributed by atoms with Crippen LogP contribution in [-0.4, -0.2) is 30.1 Å². The smallest absolute Gasteiger partial charge is 0.0332 e. The molecule has 2 saturated carbocycles. The molecule has 0 aromatic carbocycles. The van der Waals surface area contributed by atoms with Crippen molar-refractivity contribution >= 4 is 0 Å². The summed E-state index contributed by atoms with van der Waals surface area (Å²) in [6, 6.07) is 0. The van der Waals surface area contributed by atoms with E-state index in [1.54, 1.807) is 0 Å². The number of hydrogen-bond acceptors (Lipinski definition) is 2. The fraction of sp³-hybridized carbons (Fsp3) is 1.00. The van der Waals surface area contributed by atoms with Crippen molar-refractivity contribution in [3.05, 3.63) is 0 Å². The van der Waals surface area contributed by atoms with Crippen molar-refractivity contribution in [2.45, 2.75) is 84.6 Å². The van der Waals surface area contributed by atoms with Gasteiger partial charge in [0.05, 0.1) is 0 Å². The fourth-order valence-electron chi connectivity index (χ4n) is 4.86. The molecule has 2 rings (SSSR count). The van der Waals surface area contributed by atoms with Gasteiger partial charge in [-0.25, -0.2) is 0 Å². The van der Waals surface area contributed by atoms with Crippen LogP contribution in [0.15, 0.2) is 0 Å². The van der Waals surface area contributed by atoms with Crippen LogP contribution in [0.2, 0.25) is 0 Å². The van der Waals surface area contributed by atoms with E-state index in [1.807, 2.05) is 0 Å². The summed E-state index contributed by atoms with van der Waals surface area (Å²) >= 11 is 0. The van der Waals surface area contributed by atoms with Crippen molar-refractivity contribution in [3.63, 3.8) is 0 Å². The van der Waals surface area contributed by atoms with Crippen LogP contribution in [0.25, 0.3) is 0 Å². The average molecular weight is 295 g/mol. The zero-order valence-corrected chi connectivity index (χ0v) is 15.0. The molecule has 21 heavy (non-hydrogen) atoms. The van der Waals surface area contributed by atoms with E-state index in [9.17, 15) is 0 Å². The molecule has 124 valence electrons. The fourth-order valence-corrected chi connectivity index (χ4v) is 4.86. The van der Waals surface area contributed by atoms with E-state index in [2.05, 4.69) is 32.6 Å². The summed E-state index contributed by atoms with van der Waals surface area (Å²) in [7, 11) is 0. The van der Waals surface area contributed by atoms with Crippen molar-refractivity contribution in [2.24, 2.45) is 23.0 Å². The van der Waals surface area contributed by atoms with Crippen molar-refractivity contribution < 1.29 is 0 Å². The highest BCUT2D eigenvalue weighted by atomic mass is 15.2. The Hall–Kier alpha value is -0.0800. The average Bonchev–Trinajstić information content (AvgIpc) is 2.87. The van der Waals surface area contributed by atoms with Gasteiger partial charge in [0.1, 0.15) is 0 Å². The van der Waals surface area contributed by atoms with Crippen LogP contribution >= 0.6 is 0 Å². The lowest BCUT2D eigenvalue weighted by Gasteiger charge is -2.51. The van der Waals surface area contributed by atoms with Gasteiger partial charge in [0, 0.05) is 25.2 Å². The second-order valence-electron chi connectivity index (χ2n) is 8.83. The largest absolute Gasteiger partial charge is 0.329 e. The normalized spacial score (nSPS) is 24.6. The zero-order valence-electron chi connectivity index (χ0n) is 15.0. The Morgan fingerprint density at radius 1 is 0.810 bits per heavy atom. The molecule has 0 aliphatic heterocycles. The Labute approximate surface area is 132 Å². The van der Waals surface area contributed by atoms with E-state index in [4.69, 9.17) is 5.73 Å². The lowest BCUT2D eigenvalue weighted by atomic mass is 9.65. The van der Waals surface area contributed by atoms with E-state index >= 15 is 0 Å². The maximum atomic E-state index is 6.34. The summed E-state index contributed by atoms with van der Waals surface area (Å²) in [6.45, 7) is 12.7. The number of rotatable bonds is 6. The molecule has 2 heteroatoms. The molecule has 2 aliphatic carbocycles. The molecule has 2 fully saturated rings. The quantitative estimate of drug-likeness (QED) is 0.785. The zero-order chi connectivity index (χ0) is 15.5. The standard InChI is InChI=1S/C19H38N2/c1-16(2)13-21(14-17(3)4)19(15-20)11-9-18(10-12-19)7-5-6-8-18/h16-17H,5-15,20H2,1-4H3. The first kappa shape index (κ1) is 17.3. The van der Waals surface area contributed by atoms with E-state index < -0.39 is 0 Å². The van der Waals surface area contributed by atoms with Gasteiger partial charge in [0.15, 0.2) is 0 Å². The van der Waals surface area contributed by atoms with Crippen molar-refractivity contribution in [3.8, 4) is 0 Å². The topological polar surface area (TPSA) is 29.3 Å². The van der Waals surface area contributed by atoms with Gasteiger partial charge >= 0.3 is 0 Å². The molecule has 0 atom stereocenters. The predicted octanol–water partition coefficient (Wildman–Crippen LogP) is 4.43. The Bertz CT molecular complexity index is 296. The molecule has 0 amide bonds. The van der Waals surface area contributed by atoms with Gasteiger partial charge in [-0.3, -0.25) is 4.90 Å². The molecule has 2 aliphatic rings. The minimum absolute atomic E-state index is 0.294. The van der Waals surface area contributed by atoms with Crippen LogP contribution in [0.4, 0.5) is 0 Å². The van der Waals surface area contributed by atoms with Gasteiger partial charge in [0.25, 0.3) is 0 Å². The van der Waals surface area contributed by atoms with Crippen LogP contribution < -0.4 is 5.73 Å². The van der Waals surface area contributed by atoms with E-state index in [0.29, 0.717) is 11.0 Å². The second kappa shape index (κ2) is 7.00. The van der Waals surface area contributed by atoms with Gasteiger partial charge in [-0.1, -0.05) is 40.5 Å². The van der Waals surface area contributed by atoms with E-state index in [0.717, 1.165) is 18.4 Å². The molecule has 0 bridgehead atoms. The van der Waals surface area contributed by atoms with E-state index in [-0.39, 0.29) is 0 Å². The summed E-state index contributed by atoms with van der Waals surface area (Å²) in [4.78, 5) is 2.77. The SMILES string of the molecule is CC(C)CN(CC(C)C)C1(CN)CCC2(CCCC2)CC1. The van der Waals surface area contributed by atoms with Crippen LogP contribution in [0.1, 0.15) is 79.1 Å². The lowest BCUT2D eigenvalue weighted by Crippen LogP contribution is -2.58. The molecule has 0 radical (unpaired) electrons. The summed E-state index contributed by atoms with van der Waals surface area (Å²) in [6.07, 6.45) is 11.4. The van der Waals surface area contributed by atoms with Crippen molar-refractivity contribution in [2.75, 3.05) is 19.6 Å². The first-order valence-corrected chi connectivity index (χ1v) is 9.37. The summed E-state index contributed by atoms with van der Waals surface area (Å²) in [5.74, 6) is 1.46. The molecule has 2 N–H and O–H groups in total. The Morgan fingerprint density at radius 2 is 1.29 bits per heavy atom. The van der Waals surface area contributed by atoms with Gasteiger partial charge in [-0.15, -0.1) is 0 Å². The number of hydrogen-bond donors (Lipinski definition) is 1. The molecule has 0 aromatic heterocycles. The first-order valence-electron chi connectivity index (χ1n) is 9.37. The summed E-state index contributed by atoms with van der Waals surface area (Å²) < 4.78 is 0. The maximum absolute atomic E-state index is 6.34. The van der Waals surface area contributed by atoms with Crippen molar-refractivity contribution in [1.29, 1.82) is 0 Å². The Kier molecular flexibility index (Phi) is 5.76. The number of nitrogens with two attached hydrogens (primary N) is 1. The van der Waals surface area contributed by atoms with Gasteiger partial charge in [-0.2, -0.15) is 0 Å². The highest BCUT2D eigenvalue weighted by Gasteiger charge is 2.45. The van der Waals surface area contributed by atoms with Crippen LogP contribution in [0.5, 0.6) is 0 Å². The summed E-state index contributed by atoms with van der Waals surface area (Å²) in [5.41, 5.74) is 7.34. The molecule has 0 aromatic rings. The van der Waals surface area contributed by atoms with Crippen LogP contribution in [0.3, 0.4) is 0 Å². The third-order valence-electron chi connectivity index (χ3n) is 6.13. The summed E-state index contributed by atoms with van der Waals surface area (Å²) in [5, 5.41) is 0. The third kappa shape index (κ3) is 4.01. The highest BCUT2D eigenvalue weighted by Crippen LogP contribution is 2.52. The second-order valence-corrected chi connectivity index (χ2v) is 8.83. The van der Waals surface area contributed by atoms with Gasteiger partial charge in [0.2, 0.25) is 0 Å².